The molecule has 19 heavy (non-hydrogen) atoms. The number of hydrogen-bond donors (Lipinski definition) is 1. The van der Waals surface area contributed by atoms with Crippen molar-refractivity contribution >= 4 is 27.9 Å². The van der Waals surface area contributed by atoms with Crippen LogP contribution in [0.25, 0.3) is 0 Å². The monoisotopic (exact) mass is 328 g/mol. The van der Waals surface area contributed by atoms with E-state index in [2.05, 4.69) is 15.9 Å². The van der Waals surface area contributed by atoms with E-state index in [1.807, 2.05) is 12.1 Å². The zero-order valence-corrected chi connectivity index (χ0v) is 12.2. The molecule has 0 bridgehead atoms. The maximum atomic E-state index is 11.5. The smallest absolute Gasteiger partial charge is 0.311 e. The molecule has 1 rings (SSSR count). The second kappa shape index (κ2) is 8.69. The average molecular weight is 329 g/mol. The zero-order chi connectivity index (χ0) is 14.1. The molecule has 0 radical (unpaired) electrons. The van der Waals surface area contributed by atoms with E-state index in [1.54, 1.807) is 12.1 Å². The van der Waals surface area contributed by atoms with Gasteiger partial charge in [-0.1, -0.05) is 28.8 Å². The second-order valence-corrected chi connectivity index (χ2v) is 5.15. The van der Waals surface area contributed by atoms with Gasteiger partial charge in [-0.25, -0.2) is 0 Å². The quantitative estimate of drug-likeness (QED) is 0.448. The zero-order valence-electron chi connectivity index (χ0n) is 10.6. The number of carboxylic acids is 1. The molecule has 104 valence electrons. The number of halogens is 1. The summed E-state index contributed by atoms with van der Waals surface area (Å²) < 4.78 is 6.10. The summed E-state index contributed by atoms with van der Waals surface area (Å²) in [5.41, 5.74) is 0. The standard InChI is InChI=1S/C14H17BrO4/c15-11-7-9-12(10-8-11)19-14(18)6-4-2-1-3-5-13(16)17/h7-10H,1-6H2,(H,16,17). The molecule has 0 aromatic heterocycles. The molecule has 0 aliphatic carbocycles. The van der Waals surface area contributed by atoms with Crippen LogP contribution in [0.5, 0.6) is 5.75 Å². The van der Waals surface area contributed by atoms with Gasteiger partial charge in [0.15, 0.2) is 0 Å². The van der Waals surface area contributed by atoms with Crippen LogP contribution in [0, 0.1) is 0 Å². The summed E-state index contributed by atoms with van der Waals surface area (Å²) >= 11 is 3.31. The summed E-state index contributed by atoms with van der Waals surface area (Å²) in [6.45, 7) is 0. The molecule has 0 heterocycles. The number of carboxylic acid groups (broad SMARTS) is 1. The normalized spacial score (nSPS) is 10.2. The number of carbonyl (C=O) groups is 2. The lowest BCUT2D eigenvalue weighted by molar-refractivity contribution is -0.137. The first-order valence-corrected chi connectivity index (χ1v) is 7.05. The highest BCUT2D eigenvalue weighted by atomic mass is 79.9. The summed E-state index contributed by atoms with van der Waals surface area (Å²) in [7, 11) is 0. The number of benzene rings is 1. The van der Waals surface area contributed by atoms with Gasteiger partial charge in [0.25, 0.3) is 0 Å². The molecule has 0 fully saturated rings. The first-order chi connectivity index (χ1) is 9.08. The molecule has 0 atom stereocenters. The number of esters is 1. The van der Waals surface area contributed by atoms with Crippen molar-refractivity contribution in [3.8, 4) is 5.75 Å². The van der Waals surface area contributed by atoms with Crippen molar-refractivity contribution in [2.24, 2.45) is 0 Å². The molecular formula is C14H17BrO4. The summed E-state index contributed by atoms with van der Waals surface area (Å²) in [6.07, 6.45) is 3.64. The largest absolute Gasteiger partial charge is 0.481 e. The molecule has 0 spiro atoms. The highest BCUT2D eigenvalue weighted by molar-refractivity contribution is 9.10. The fraction of sp³-hybridized carbons (Fsp3) is 0.429. The van der Waals surface area contributed by atoms with Crippen molar-refractivity contribution in [3.63, 3.8) is 0 Å². The Morgan fingerprint density at radius 2 is 1.58 bits per heavy atom. The molecule has 0 unspecified atom stereocenters. The van der Waals surface area contributed by atoms with Crippen LogP contribution >= 0.6 is 15.9 Å². The molecule has 4 nitrogen and oxygen atoms in total. The summed E-state index contributed by atoms with van der Waals surface area (Å²) in [5.74, 6) is -0.478. The topological polar surface area (TPSA) is 63.6 Å². The summed E-state index contributed by atoms with van der Waals surface area (Å²) in [5, 5.41) is 8.46. The van der Waals surface area contributed by atoms with E-state index in [1.165, 1.54) is 0 Å². The Morgan fingerprint density at radius 1 is 1.00 bits per heavy atom. The Morgan fingerprint density at radius 3 is 2.16 bits per heavy atom. The predicted molar refractivity (Wildman–Crippen MR) is 75.1 cm³/mol. The average Bonchev–Trinajstić information content (AvgIpc) is 2.36. The van der Waals surface area contributed by atoms with Gasteiger partial charge in [-0.05, 0) is 37.1 Å². The highest BCUT2D eigenvalue weighted by Gasteiger charge is 2.04. The van der Waals surface area contributed by atoms with Crippen molar-refractivity contribution in [1.29, 1.82) is 0 Å². The van der Waals surface area contributed by atoms with Crippen LogP contribution in [-0.2, 0) is 9.59 Å². The molecule has 0 amide bonds. The van der Waals surface area contributed by atoms with E-state index >= 15 is 0 Å². The lowest BCUT2D eigenvalue weighted by Gasteiger charge is -2.04. The predicted octanol–water partition coefficient (Wildman–Crippen LogP) is 3.78. The molecule has 0 aliphatic heterocycles. The van der Waals surface area contributed by atoms with Crippen molar-refractivity contribution in [3.05, 3.63) is 28.7 Å². The molecule has 0 aliphatic rings. The molecular weight excluding hydrogens is 312 g/mol. The lowest BCUT2D eigenvalue weighted by Crippen LogP contribution is -2.07. The van der Waals surface area contributed by atoms with Gasteiger partial charge < -0.3 is 9.84 Å². The maximum Gasteiger partial charge on any atom is 0.311 e. The maximum absolute atomic E-state index is 11.5. The minimum atomic E-state index is -0.769. The lowest BCUT2D eigenvalue weighted by atomic mass is 10.1. The minimum absolute atomic E-state index is 0.198. The Labute approximate surface area is 120 Å². The van der Waals surface area contributed by atoms with E-state index in [0.717, 1.165) is 23.7 Å². The van der Waals surface area contributed by atoms with Crippen LogP contribution in [-0.4, -0.2) is 17.0 Å². The molecule has 0 saturated heterocycles. The Hall–Kier alpha value is -1.36. The van der Waals surface area contributed by atoms with E-state index in [4.69, 9.17) is 9.84 Å². The molecule has 5 heteroatoms. The van der Waals surface area contributed by atoms with E-state index in [-0.39, 0.29) is 12.4 Å². The first kappa shape index (κ1) is 15.7. The van der Waals surface area contributed by atoms with Crippen LogP contribution in [0.3, 0.4) is 0 Å². The van der Waals surface area contributed by atoms with Gasteiger partial charge in [-0.3, -0.25) is 9.59 Å². The number of rotatable bonds is 8. The third-order valence-electron chi connectivity index (χ3n) is 2.57. The SMILES string of the molecule is O=C(O)CCCCCCC(=O)Oc1ccc(Br)cc1. The molecule has 0 saturated carbocycles. The first-order valence-electron chi connectivity index (χ1n) is 6.26. The van der Waals surface area contributed by atoms with E-state index in [9.17, 15) is 9.59 Å². The van der Waals surface area contributed by atoms with E-state index < -0.39 is 5.97 Å². The number of hydrogen-bond acceptors (Lipinski definition) is 3. The molecule has 1 N–H and O–H groups in total. The van der Waals surface area contributed by atoms with Crippen LogP contribution in [0.1, 0.15) is 38.5 Å². The Kier molecular flexibility index (Phi) is 7.18. The molecule has 1 aromatic carbocycles. The highest BCUT2D eigenvalue weighted by Crippen LogP contribution is 2.17. The number of unbranched alkanes of at least 4 members (excludes halogenated alkanes) is 3. The Bertz CT molecular complexity index is 414. The summed E-state index contributed by atoms with van der Waals surface area (Å²) in [4.78, 5) is 21.8. The van der Waals surface area contributed by atoms with Gasteiger partial charge in [-0.15, -0.1) is 0 Å². The third kappa shape index (κ3) is 7.62. The second-order valence-electron chi connectivity index (χ2n) is 4.24. The van der Waals surface area contributed by atoms with Gasteiger partial charge in [0.05, 0.1) is 0 Å². The van der Waals surface area contributed by atoms with Crippen LogP contribution < -0.4 is 4.74 Å². The fourth-order valence-electron chi connectivity index (χ4n) is 1.58. The van der Waals surface area contributed by atoms with Gasteiger partial charge in [0, 0.05) is 17.3 Å². The van der Waals surface area contributed by atoms with Crippen LogP contribution in [0.4, 0.5) is 0 Å². The van der Waals surface area contributed by atoms with E-state index in [0.29, 0.717) is 18.6 Å². The summed E-state index contributed by atoms with van der Waals surface area (Å²) in [6, 6.07) is 7.09. The van der Waals surface area contributed by atoms with Gasteiger partial charge in [0.2, 0.25) is 0 Å². The van der Waals surface area contributed by atoms with Crippen LogP contribution in [0.2, 0.25) is 0 Å². The Balaban J connectivity index is 2.11. The van der Waals surface area contributed by atoms with Gasteiger partial charge in [0.1, 0.15) is 5.75 Å². The number of carbonyl (C=O) groups excluding carboxylic acids is 1. The van der Waals surface area contributed by atoms with Crippen LogP contribution in [0.15, 0.2) is 28.7 Å². The third-order valence-corrected chi connectivity index (χ3v) is 3.10. The fourth-order valence-corrected chi connectivity index (χ4v) is 1.85. The van der Waals surface area contributed by atoms with Crippen molar-refractivity contribution < 1.29 is 19.4 Å². The van der Waals surface area contributed by atoms with Crippen molar-refractivity contribution in [1.82, 2.24) is 0 Å². The van der Waals surface area contributed by atoms with Gasteiger partial charge in [-0.2, -0.15) is 0 Å². The molecule has 1 aromatic rings. The number of ether oxygens (including phenoxy) is 1. The van der Waals surface area contributed by atoms with Crippen molar-refractivity contribution in [2.45, 2.75) is 38.5 Å². The number of aliphatic carboxylic acids is 1. The van der Waals surface area contributed by atoms with Crippen molar-refractivity contribution in [2.75, 3.05) is 0 Å². The van der Waals surface area contributed by atoms with Gasteiger partial charge >= 0.3 is 11.9 Å². The minimum Gasteiger partial charge on any atom is -0.481 e.